The first kappa shape index (κ1) is 10.7. The average Bonchev–Trinajstić information content (AvgIpc) is 2.70. The summed E-state index contributed by atoms with van der Waals surface area (Å²) in [5, 5.41) is 7.47. The molecule has 84 valence electrons. The molecular weight excluding hydrogens is 188 g/mol. The molecule has 3 nitrogen and oxygen atoms in total. The summed E-state index contributed by atoms with van der Waals surface area (Å²) < 4.78 is 4.81. The van der Waals surface area contributed by atoms with Crippen molar-refractivity contribution in [3.8, 4) is 0 Å². The predicted octanol–water partition coefficient (Wildman–Crippen LogP) is 2.59. The lowest BCUT2D eigenvalue weighted by Crippen LogP contribution is -2.31. The van der Waals surface area contributed by atoms with Crippen molar-refractivity contribution >= 4 is 0 Å². The minimum Gasteiger partial charge on any atom is -0.364 e. The van der Waals surface area contributed by atoms with Crippen molar-refractivity contribution in [2.24, 2.45) is 11.3 Å². The summed E-state index contributed by atoms with van der Waals surface area (Å²) in [6.07, 6.45) is 4.19. The topological polar surface area (TPSA) is 38.1 Å². The lowest BCUT2D eigenvalue weighted by molar-refractivity contribution is 0.360. The van der Waals surface area contributed by atoms with Crippen molar-refractivity contribution in [3.63, 3.8) is 0 Å². The molecule has 0 spiro atoms. The fraction of sp³-hybridized carbons (Fsp3) is 0.750. The number of aromatic nitrogens is 1. The second kappa shape index (κ2) is 3.97. The van der Waals surface area contributed by atoms with E-state index in [-0.39, 0.29) is 0 Å². The minimum absolute atomic E-state index is 0.487. The number of nitrogens with one attached hydrogen (secondary N) is 1. The van der Waals surface area contributed by atoms with Crippen molar-refractivity contribution in [1.29, 1.82) is 0 Å². The van der Waals surface area contributed by atoms with Crippen LogP contribution in [0.5, 0.6) is 0 Å². The van der Waals surface area contributed by atoms with Crippen molar-refractivity contribution < 1.29 is 4.52 Å². The van der Waals surface area contributed by atoms with E-state index in [1.165, 1.54) is 12.8 Å². The first-order valence-electron chi connectivity index (χ1n) is 5.69. The Kier molecular flexibility index (Phi) is 2.83. The molecule has 0 radical (unpaired) electrons. The number of hydrogen-bond acceptors (Lipinski definition) is 3. The highest BCUT2D eigenvalue weighted by atomic mass is 16.5. The van der Waals surface area contributed by atoms with Gasteiger partial charge < -0.3 is 9.84 Å². The maximum absolute atomic E-state index is 4.81. The van der Waals surface area contributed by atoms with Crippen molar-refractivity contribution in [2.45, 2.75) is 46.2 Å². The normalized spacial score (nSPS) is 29.5. The largest absolute Gasteiger partial charge is 0.364 e. The van der Waals surface area contributed by atoms with Gasteiger partial charge in [0.1, 0.15) is 6.26 Å². The third kappa shape index (κ3) is 2.59. The highest BCUT2D eigenvalue weighted by Gasteiger charge is 2.36. The van der Waals surface area contributed by atoms with Crippen LogP contribution in [-0.2, 0) is 6.54 Å². The number of hydrogen-bond donors (Lipinski definition) is 1. The second-order valence-corrected chi connectivity index (χ2v) is 5.53. The molecule has 0 aromatic carbocycles. The molecule has 1 heterocycles. The maximum atomic E-state index is 4.81. The fourth-order valence-corrected chi connectivity index (χ4v) is 2.73. The van der Waals surface area contributed by atoms with Crippen LogP contribution in [-0.4, -0.2) is 11.2 Å². The van der Waals surface area contributed by atoms with Crippen LogP contribution < -0.4 is 5.32 Å². The van der Waals surface area contributed by atoms with Gasteiger partial charge in [0.2, 0.25) is 0 Å². The van der Waals surface area contributed by atoms with Crippen LogP contribution in [0.2, 0.25) is 0 Å². The van der Waals surface area contributed by atoms with E-state index in [2.05, 4.69) is 31.2 Å². The molecule has 0 saturated heterocycles. The predicted molar refractivity (Wildman–Crippen MR) is 59.3 cm³/mol. The van der Waals surface area contributed by atoms with Crippen LogP contribution in [0.15, 0.2) is 16.9 Å². The van der Waals surface area contributed by atoms with Crippen LogP contribution in [0.4, 0.5) is 0 Å². The summed E-state index contributed by atoms with van der Waals surface area (Å²) in [5.41, 5.74) is 1.48. The van der Waals surface area contributed by atoms with Gasteiger partial charge in [-0.25, -0.2) is 0 Å². The zero-order valence-electron chi connectivity index (χ0n) is 9.79. The Labute approximate surface area is 91.2 Å². The molecule has 2 rings (SSSR count). The summed E-state index contributed by atoms with van der Waals surface area (Å²) in [6, 6.07) is 2.54. The third-order valence-corrected chi connectivity index (χ3v) is 3.37. The van der Waals surface area contributed by atoms with E-state index in [0.717, 1.165) is 18.2 Å². The first-order chi connectivity index (χ1) is 7.07. The van der Waals surface area contributed by atoms with Gasteiger partial charge in [0, 0.05) is 18.7 Å². The Hall–Kier alpha value is -0.830. The van der Waals surface area contributed by atoms with Gasteiger partial charge >= 0.3 is 0 Å². The smallest absolute Gasteiger partial charge is 0.124 e. The standard InChI is InChI=1S/C12H20N2O/c1-9-6-12(2,3)7-11(9)13-8-10-4-5-15-14-10/h4-5,9,11,13H,6-8H2,1-3H3. The molecule has 1 aromatic rings. The van der Waals surface area contributed by atoms with E-state index in [9.17, 15) is 0 Å². The van der Waals surface area contributed by atoms with Gasteiger partial charge in [-0.2, -0.15) is 0 Å². The van der Waals surface area contributed by atoms with E-state index in [1.54, 1.807) is 6.26 Å². The zero-order chi connectivity index (χ0) is 10.9. The molecule has 1 aromatic heterocycles. The van der Waals surface area contributed by atoms with E-state index in [0.29, 0.717) is 11.5 Å². The van der Waals surface area contributed by atoms with E-state index in [4.69, 9.17) is 4.52 Å². The van der Waals surface area contributed by atoms with Gasteiger partial charge in [-0.3, -0.25) is 0 Å². The monoisotopic (exact) mass is 208 g/mol. The summed E-state index contributed by atoms with van der Waals surface area (Å²) in [5.74, 6) is 0.756. The van der Waals surface area contributed by atoms with Crippen LogP contribution in [0.1, 0.15) is 39.3 Å². The van der Waals surface area contributed by atoms with Gasteiger partial charge in [-0.05, 0) is 24.2 Å². The van der Waals surface area contributed by atoms with Crippen LogP contribution in [0.25, 0.3) is 0 Å². The zero-order valence-corrected chi connectivity index (χ0v) is 9.79. The molecule has 15 heavy (non-hydrogen) atoms. The minimum atomic E-state index is 0.487. The van der Waals surface area contributed by atoms with E-state index in [1.807, 2.05) is 6.07 Å². The van der Waals surface area contributed by atoms with Gasteiger partial charge in [0.25, 0.3) is 0 Å². The second-order valence-electron chi connectivity index (χ2n) is 5.53. The van der Waals surface area contributed by atoms with E-state index < -0.39 is 0 Å². The van der Waals surface area contributed by atoms with Gasteiger partial charge in [0.15, 0.2) is 0 Å². The first-order valence-corrected chi connectivity index (χ1v) is 5.69. The van der Waals surface area contributed by atoms with E-state index >= 15 is 0 Å². The molecule has 0 aliphatic heterocycles. The quantitative estimate of drug-likeness (QED) is 0.829. The molecule has 0 amide bonds. The SMILES string of the molecule is CC1CC(C)(C)CC1NCc1ccon1. The Morgan fingerprint density at radius 1 is 1.53 bits per heavy atom. The molecule has 2 atom stereocenters. The van der Waals surface area contributed by atoms with Crippen LogP contribution in [0, 0.1) is 11.3 Å². The molecule has 1 aliphatic rings. The fourth-order valence-electron chi connectivity index (χ4n) is 2.73. The van der Waals surface area contributed by atoms with Crippen molar-refractivity contribution in [3.05, 3.63) is 18.0 Å². The number of rotatable bonds is 3. The van der Waals surface area contributed by atoms with Gasteiger partial charge in [0.05, 0.1) is 5.69 Å². The third-order valence-electron chi connectivity index (χ3n) is 3.37. The Balaban J connectivity index is 1.85. The Bertz CT molecular complexity index is 305. The highest BCUT2D eigenvalue weighted by Crippen LogP contribution is 2.40. The summed E-state index contributed by atoms with van der Waals surface area (Å²) in [7, 11) is 0. The summed E-state index contributed by atoms with van der Waals surface area (Å²) in [4.78, 5) is 0. The molecule has 2 unspecified atom stereocenters. The van der Waals surface area contributed by atoms with Crippen molar-refractivity contribution in [1.82, 2.24) is 10.5 Å². The highest BCUT2D eigenvalue weighted by molar-refractivity contribution is 4.97. The lowest BCUT2D eigenvalue weighted by Gasteiger charge is -2.17. The molecule has 1 fully saturated rings. The van der Waals surface area contributed by atoms with Crippen LogP contribution >= 0.6 is 0 Å². The molecule has 0 bridgehead atoms. The van der Waals surface area contributed by atoms with Crippen molar-refractivity contribution in [2.75, 3.05) is 0 Å². The summed E-state index contributed by atoms with van der Waals surface area (Å²) in [6.45, 7) is 7.85. The van der Waals surface area contributed by atoms with Crippen LogP contribution in [0.3, 0.4) is 0 Å². The molecule has 3 heteroatoms. The summed E-state index contributed by atoms with van der Waals surface area (Å²) >= 11 is 0. The molecular formula is C12H20N2O. The Morgan fingerprint density at radius 2 is 2.33 bits per heavy atom. The number of nitrogens with zero attached hydrogens (tertiary/aromatic N) is 1. The lowest BCUT2D eigenvalue weighted by atomic mass is 9.91. The van der Waals surface area contributed by atoms with Gasteiger partial charge in [-0.1, -0.05) is 25.9 Å². The maximum Gasteiger partial charge on any atom is 0.124 e. The molecule has 1 N–H and O–H groups in total. The van der Waals surface area contributed by atoms with Gasteiger partial charge in [-0.15, -0.1) is 0 Å². The molecule has 1 saturated carbocycles. The molecule has 1 aliphatic carbocycles. The average molecular weight is 208 g/mol. The Morgan fingerprint density at radius 3 is 2.87 bits per heavy atom.